The molecule has 0 aliphatic carbocycles. The Balaban J connectivity index is 1.99. The summed E-state index contributed by atoms with van der Waals surface area (Å²) in [4.78, 5) is 10.4. The van der Waals surface area contributed by atoms with Crippen molar-refractivity contribution in [3.8, 4) is 0 Å². The Morgan fingerprint density at radius 1 is 1.60 bits per heavy atom. The van der Waals surface area contributed by atoms with E-state index < -0.39 is 0 Å². The summed E-state index contributed by atoms with van der Waals surface area (Å²) in [6.07, 6.45) is 0.679. The molecule has 0 aromatic carbocycles. The van der Waals surface area contributed by atoms with E-state index in [0.29, 0.717) is 23.0 Å². The Morgan fingerprint density at radius 3 is 3.07 bits per heavy atom. The molecule has 0 unspecified atom stereocenters. The van der Waals surface area contributed by atoms with Crippen molar-refractivity contribution in [2.45, 2.75) is 10.9 Å². The van der Waals surface area contributed by atoms with Crippen LogP contribution in [0.2, 0.25) is 0 Å². The van der Waals surface area contributed by atoms with E-state index in [-0.39, 0.29) is 0 Å². The number of hydrogen-bond acceptors (Lipinski definition) is 6. The predicted molar refractivity (Wildman–Crippen MR) is 52.5 cm³/mol. The van der Waals surface area contributed by atoms with Crippen molar-refractivity contribution in [2.75, 3.05) is 0 Å². The van der Waals surface area contributed by atoms with Crippen LogP contribution in [0.5, 0.6) is 0 Å². The molecule has 2 rings (SSSR count). The first-order valence-electron chi connectivity index (χ1n) is 4.18. The Morgan fingerprint density at radius 2 is 2.47 bits per heavy atom. The summed E-state index contributed by atoms with van der Waals surface area (Å²) in [5, 5.41) is 11.7. The summed E-state index contributed by atoms with van der Waals surface area (Å²) in [6.45, 7) is 0. The Hall–Kier alpha value is -1.63. The predicted octanol–water partition coefficient (Wildman–Crippen LogP) is 0.908. The van der Waals surface area contributed by atoms with Gasteiger partial charge < -0.3 is 4.42 Å². The van der Waals surface area contributed by atoms with Crippen LogP contribution in [0, 0.1) is 0 Å². The van der Waals surface area contributed by atoms with Gasteiger partial charge in [-0.1, -0.05) is 11.8 Å². The second-order valence-corrected chi connectivity index (χ2v) is 3.74. The van der Waals surface area contributed by atoms with E-state index in [4.69, 9.17) is 4.42 Å². The number of thioether (sulfide) groups is 1. The fourth-order valence-corrected chi connectivity index (χ4v) is 1.76. The van der Waals surface area contributed by atoms with Gasteiger partial charge >= 0.3 is 0 Å². The lowest BCUT2D eigenvalue weighted by atomic mass is 10.4. The van der Waals surface area contributed by atoms with Gasteiger partial charge in [0.1, 0.15) is 5.76 Å². The minimum Gasteiger partial charge on any atom is -0.457 e. The standard InChI is InChI=1S/C8H8N4O2S/c1-12-8(9-10-11-12)15-5-7-3-2-6(4-13)14-7/h2-4H,5H2,1H3. The number of rotatable bonds is 4. The van der Waals surface area contributed by atoms with Crippen molar-refractivity contribution < 1.29 is 9.21 Å². The Labute approximate surface area is 89.6 Å². The molecule has 15 heavy (non-hydrogen) atoms. The maximum atomic E-state index is 10.4. The third kappa shape index (κ3) is 2.24. The molecule has 0 amide bonds. The number of carbonyl (C=O) groups is 1. The lowest BCUT2D eigenvalue weighted by Gasteiger charge is -1.95. The van der Waals surface area contributed by atoms with E-state index in [1.54, 1.807) is 23.9 Å². The fourth-order valence-electron chi connectivity index (χ4n) is 1.01. The van der Waals surface area contributed by atoms with Crippen molar-refractivity contribution in [1.82, 2.24) is 20.2 Å². The van der Waals surface area contributed by atoms with Crippen LogP contribution < -0.4 is 0 Å². The minimum absolute atomic E-state index is 0.335. The maximum Gasteiger partial charge on any atom is 0.209 e. The summed E-state index contributed by atoms with van der Waals surface area (Å²) in [6, 6.07) is 3.40. The molecule has 0 saturated carbocycles. The van der Waals surface area contributed by atoms with Crippen molar-refractivity contribution in [3.05, 3.63) is 23.7 Å². The summed E-state index contributed by atoms with van der Waals surface area (Å²) in [7, 11) is 1.77. The quantitative estimate of drug-likeness (QED) is 0.567. The summed E-state index contributed by atoms with van der Waals surface area (Å²) < 4.78 is 6.78. The minimum atomic E-state index is 0.335. The molecule has 2 aromatic rings. The Bertz CT molecular complexity index is 465. The van der Waals surface area contributed by atoms with Gasteiger partial charge in [-0.15, -0.1) is 5.10 Å². The summed E-state index contributed by atoms with van der Waals surface area (Å²) in [5.41, 5.74) is 0. The second-order valence-electron chi connectivity index (χ2n) is 2.80. The molecule has 0 saturated heterocycles. The molecule has 6 nitrogen and oxygen atoms in total. The molecular weight excluding hydrogens is 216 g/mol. The molecule has 0 N–H and O–H groups in total. The van der Waals surface area contributed by atoms with E-state index in [1.165, 1.54) is 11.8 Å². The first-order valence-corrected chi connectivity index (χ1v) is 5.17. The first-order chi connectivity index (χ1) is 7.29. The number of aromatic nitrogens is 4. The van der Waals surface area contributed by atoms with Gasteiger partial charge in [-0.05, 0) is 22.6 Å². The number of furan rings is 1. The number of aryl methyl sites for hydroxylation is 1. The highest BCUT2D eigenvalue weighted by atomic mass is 32.2. The van der Waals surface area contributed by atoms with Crippen molar-refractivity contribution in [2.24, 2.45) is 7.05 Å². The third-order valence-corrected chi connectivity index (χ3v) is 2.76. The molecular formula is C8H8N4O2S. The second kappa shape index (κ2) is 4.26. The topological polar surface area (TPSA) is 73.8 Å². The molecule has 0 spiro atoms. The van der Waals surface area contributed by atoms with Crippen LogP contribution in [0.1, 0.15) is 16.3 Å². The van der Waals surface area contributed by atoms with Crippen LogP contribution in [-0.4, -0.2) is 26.5 Å². The molecule has 0 radical (unpaired) electrons. The zero-order valence-corrected chi connectivity index (χ0v) is 8.77. The van der Waals surface area contributed by atoms with E-state index >= 15 is 0 Å². The van der Waals surface area contributed by atoms with Gasteiger partial charge in [-0.3, -0.25) is 4.79 Å². The molecule has 78 valence electrons. The lowest BCUT2D eigenvalue weighted by Crippen LogP contribution is -1.92. The van der Waals surface area contributed by atoms with Gasteiger partial charge in [0.25, 0.3) is 0 Å². The van der Waals surface area contributed by atoms with Gasteiger partial charge in [-0.2, -0.15) is 0 Å². The van der Waals surface area contributed by atoms with Gasteiger partial charge in [0.15, 0.2) is 12.0 Å². The third-order valence-electron chi connectivity index (χ3n) is 1.72. The highest BCUT2D eigenvalue weighted by Gasteiger charge is 2.06. The zero-order chi connectivity index (χ0) is 10.7. The normalized spacial score (nSPS) is 10.5. The summed E-state index contributed by atoms with van der Waals surface area (Å²) >= 11 is 1.45. The van der Waals surface area contributed by atoms with Gasteiger partial charge in [0.2, 0.25) is 5.16 Å². The van der Waals surface area contributed by atoms with Crippen molar-refractivity contribution in [3.63, 3.8) is 0 Å². The number of carbonyl (C=O) groups excluding carboxylic acids is 1. The van der Waals surface area contributed by atoms with Gasteiger partial charge in [0, 0.05) is 7.05 Å². The molecule has 2 aromatic heterocycles. The summed E-state index contributed by atoms with van der Waals surface area (Å²) in [5.74, 6) is 1.66. The molecule has 0 bridgehead atoms. The number of nitrogens with zero attached hydrogens (tertiary/aromatic N) is 4. The molecule has 0 atom stereocenters. The van der Waals surface area contributed by atoms with E-state index in [1.807, 2.05) is 0 Å². The maximum absolute atomic E-state index is 10.4. The van der Waals surface area contributed by atoms with Crippen LogP contribution in [0.4, 0.5) is 0 Å². The van der Waals surface area contributed by atoms with Crippen LogP contribution in [0.3, 0.4) is 0 Å². The van der Waals surface area contributed by atoms with Crippen LogP contribution in [0.15, 0.2) is 21.7 Å². The largest absolute Gasteiger partial charge is 0.457 e. The van der Waals surface area contributed by atoms with E-state index in [2.05, 4.69) is 15.5 Å². The van der Waals surface area contributed by atoms with E-state index in [9.17, 15) is 4.79 Å². The molecule has 0 aliphatic heterocycles. The molecule has 2 heterocycles. The number of hydrogen-bond donors (Lipinski definition) is 0. The molecule has 7 heteroatoms. The molecule has 0 fully saturated rings. The van der Waals surface area contributed by atoms with Crippen molar-refractivity contribution in [1.29, 1.82) is 0 Å². The van der Waals surface area contributed by atoms with Gasteiger partial charge in [0.05, 0.1) is 5.75 Å². The lowest BCUT2D eigenvalue weighted by molar-refractivity contribution is 0.109. The smallest absolute Gasteiger partial charge is 0.209 e. The van der Waals surface area contributed by atoms with Crippen LogP contribution in [-0.2, 0) is 12.8 Å². The first kappa shape index (κ1) is 9.91. The van der Waals surface area contributed by atoms with Gasteiger partial charge in [-0.25, -0.2) is 4.68 Å². The SMILES string of the molecule is Cn1nnnc1SCc1ccc(C=O)o1. The average molecular weight is 224 g/mol. The van der Waals surface area contributed by atoms with Crippen LogP contribution >= 0.6 is 11.8 Å². The Kier molecular flexibility index (Phi) is 2.82. The zero-order valence-electron chi connectivity index (χ0n) is 7.95. The highest BCUT2D eigenvalue weighted by molar-refractivity contribution is 7.98. The van der Waals surface area contributed by atoms with E-state index in [0.717, 1.165) is 5.76 Å². The number of tetrazole rings is 1. The fraction of sp³-hybridized carbons (Fsp3) is 0.250. The van der Waals surface area contributed by atoms with Crippen molar-refractivity contribution >= 4 is 18.0 Å². The molecule has 0 aliphatic rings. The average Bonchev–Trinajstić information content (AvgIpc) is 2.84. The monoisotopic (exact) mass is 224 g/mol. The highest BCUT2D eigenvalue weighted by Crippen LogP contribution is 2.20. The van der Waals surface area contributed by atoms with Crippen LogP contribution in [0.25, 0.3) is 0 Å². The number of aldehydes is 1.